The van der Waals surface area contributed by atoms with E-state index in [1.54, 1.807) is 6.92 Å². The van der Waals surface area contributed by atoms with Crippen LogP contribution in [-0.2, 0) is 33.8 Å². The van der Waals surface area contributed by atoms with Gasteiger partial charge in [-0.3, -0.25) is 4.79 Å². The van der Waals surface area contributed by atoms with E-state index in [-0.39, 0.29) is 31.2 Å². The third-order valence-electron chi connectivity index (χ3n) is 9.79. The second kappa shape index (κ2) is 8.48. The summed E-state index contributed by atoms with van der Waals surface area (Å²) in [4.78, 5) is 35.1. The van der Waals surface area contributed by atoms with Crippen molar-refractivity contribution in [3.8, 4) is 0 Å². The van der Waals surface area contributed by atoms with Gasteiger partial charge >= 0.3 is 5.97 Å². The first-order valence-electron chi connectivity index (χ1n) is 13.0. The standard InChI is InChI=1S/C26H40O9/c1-7-31-34-21-14(3)16-12-17(33-15(4)27)18-24-11-9-10-23(5,6)19(24)22(35-32-8-2)26(29,30-13-24)25(18,21)20(16)28/h16-22,28-29H,3,7-13H2,1-2,4-6H3/t16-,17?,18?,19?,20-,21-,22+,24-,25-,26?/m1/s1. The van der Waals surface area contributed by atoms with E-state index in [1.807, 2.05) is 6.92 Å². The molecule has 0 aromatic carbocycles. The Morgan fingerprint density at radius 3 is 2.49 bits per heavy atom. The van der Waals surface area contributed by atoms with Crippen molar-refractivity contribution in [1.29, 1.82) is 0 Å². The van der Waals surface area contributed by atoms with Crippen molar-refractivity contribution in [1.82, 2.24) is 0 Å². The zero-order chi connectivity index (χ0) is 25.4. The molecule has 0 amide bonds. The van der Waals surface area contributed by atoms with Gasteiger partial charge in [0.25, 0.3) is 0 Å². The van der Waals surface area contributed by atoms with Crippen LogP contribution in [0.1, 0.15) is 60.3 Å². The van der Waals surface area contributed by atoms with Crippen molar-refractivity contribution < 1.29 is 44.0 Å². The Morgan fingerprint density at radius 1 is 1.14 bits per heavy atom. The quantitative estimate of drug-likeness (QED) is 0.238. The summed E-state index contributed by atoms with van der Waals surface area (Å²) < 4.78 is 12.4. The van der Waals surface area contributed by atoms with Gasteiger partial charge in [-0.1, -0.05) is 26.8 Å². The monoisotopic (exact) mass is 496 g/mol. The second-order valence-electron chi connectivity index (χ2n) is 11.8. The zero-order valence-electron chi connectivity index (χ0n) is 21.5. The molecule has 2 spiro atoms. The molecule has 2 saturated heterocycles. The van der Waals surface area contributed by atoms with E-state index in [9.17, 15) is 15.0 Å². The summed E-state index contributed by atoms with van der Waals surface area (Å²) in [6.45, 7) is 14.5. The normalized spacial score (nSPS) is 49.5. The smallest absolute Gasteiger partial charge is 0.302 e. The van der Waals surface area contributed by atoms with Crippen LogP contribution in [0.5, 0.6) is 0 Å². The molecule has 4 saturated carbocycles. The van der Waals surface area contributed by atoms with Gasteiger partial charge in [-0.05, 0) is 44.1 Å². The molecule has 10 atom stereocenters. The molecular formula is C26H40O9. The summed E-state index contributed by atoms with van der Waals surface area (Å²) in [5.41, 5.74) is -1.60. The summed E-state index contributed by atoms with van der Waals surface area (Å²) in [6, 6.07) is 0. The molecule has 4 bridgehead atoms. The second-order valence-corrected chi connectivity index (χ2v) is 11.8. The van der Waals surface area contributed by atoms with Crippen molar-refractivity contribution in [3.63, 3.8) is 0 Å². The van der Waals surface area contributed by atoms with E-state index in [0.717, 1.165) is 19.3 Å². The fourth-order valence-electron chi connectivity index (χ4n) is 9.05. The maximum Gasteiger partial charge on any atom is 0.302 e. The number of ether oxygens (including phenoxy) is 2. The molecule has 4 unspecified atom stereocenters. The van der Waals surface area contributed by atoms with Gasteiger partial charge in [-0.15, -0.1) is 0 Å². The Bertz CT molecular complexity index is 875. The van der Waals surface area contributed by atoms with Gasteiger partial charge in [-0.25, -0.2) is 19.6 Å². The van der Waals surface area contributed by atoms with Crippen LogP contribution < -0.4 is 0 Å². The number of hydrogen-bond acceptors (Lipinski definition) is 9. The molecule has 4 aliphatic carbocycles. The van der Waals surface area contributed by atoms with Crippen LogP contribution in [0.2, 0.25) is 0 Å². The van der Waals surface area contributed by atoms with Gasteiger partial charge in [-0.2, -0.15) is 0 Å². The lowest BCUT2D eigenvalue weighted by molar-refractivity contribution is -0.524. The summed E-state index contributed by atoms with van der Waals surface area (Å²) in [7, 11) is 0. The van der Waals surface area contributed by atoms with Crippen LogP contribution in [0.15, 0.2) is 12.2 Å². The minimum absolute atomic E-state index is 0.173. The summed E-state index contributed by atoms with van der Waals surface area (Å²) in [5, 5.41) is 24.6. The summed E-state index contributed by atoms with van der Waals surface area (Å²) in [6.07, 6.45) is -0.328. The van der Waals surface area contributed by atoms with E-state index in [0.29, 0.717) is 12.0 Å². The van der Waals surface area contributed by atoms with Crippen molar-refractivity contribution in [2.75, 3.05) is 19.8 Å². The number of aliphatic hydroxyl groups excluding tert-OH is 1. The minimum Gasteiger partial charge on any atom is -0.462 e. The molecule has 6 rings (SSSR count). The predicted molar refractivity (Wildman–Crippen MR) is 122 cm³/mol. The molecular weight excluding hydrogens is 456 g/mol. The van der Waals surface area contributed by atoms with Gasteiger partial charge in [0.1, 0.15) is 12.2 Å². The maximum atomic E-state index is 12.6. The van der Waals surface area contributed by atoms with Crippen molar-refractivity contribution in [2.45, 2.75) is 90.5 Å². The van der Waals surface area contributed by atoms with E-state index in [1.165, 1.54) is 6.92 Å². The van der Waals surface area contributed by atoms with Gasteiger partial charge in [0.2, 0.25) is 5.79 Å². The Morgan fingerprint density at radius 2 is 1.83 bits per heavy atom. The first-order valence-corrected chi connectivity index (χ1v) is 13.0. The lowest BCUT2D eigenvalue weighted by Gasteiger charge is -2.75. The molecule has 0 aromatic heterocycles. The number of fused-ring (bicyclic) bond motifs is 2. The van der Waals surface area contributed by atoms with E-state index < -0.39 is 58.8 Å². The highest BCUT2D eigenvalue weighted by molar-refractivity contribution is 5.66. The summed E-state index contributed by atoms with van der Waals surface area (Å²) >= 11 is 0. The van der Waals surface area contributed by atoms with E-state index in [2.05, 4.69) is 20.4 Å². The zero-order valence-corrected chi connectivity index (χ0v) is 21.5. The van der Waals surface area contributed by atoms with Crippen LogP contribution in [0.4, 0.5) is 0 Å². The molecule has 0 aromatic rings. The first kappa shape index (κ1) is 25.6. The largest absolute Gasteiger partial charge is 0.462 e. The van der Waals surface area contributed by atoms with Gasteiger partial charge in [0.05, 0.1) is 31.3 Å². The Hall–Kier alpha value is -1.07. The predicted octanol–water partition coefficient (Wildman–Crippen LogP) is 2.69. The molecule has 6 fully saturated rings. The van der Waals surface area contributed by atoms with Crippen LogP contribution in [0.25, 0.3) is 0 Å². The molecule has 2 aliphatic heterocycles. The molecule has 0 radical (unpaired) electrons. The van der Waals surface area contributed by atoms with Crippen LogP contribution >= 0.6 is 0 Å². The molecule has 6 aliphatic rings. The number of carbonyl (C=O) groups excluding carboxylic acids is 1. The topological polar surface area (TPSA) is 113 Å². The third-order valence-corrected chi connectivity index (χ3v) is 9.79. The average molecular weight is 497 g/mol. The molecule has 9 nitrogen and oxygen atoms in total. The first-order chi connectivity index (χ1) is 16.5. The highest BCUT2D eigenvalue weighted by Gasteiger charge is 2.88. The lowest BCUT2D eigenvalue weighted by atomic mass is 9.35. The third kappa shape index (κ3) is 3.09. The highest BCUT2D eigenvalue weighted by atomic mass is 17.2. The minimum atomic E-state index is -1.99. The average Bonchev–Trinajstić information content (AvgIpc) is 2.90. The van der Waals surface area contributed by atoms with Gasteiger partial charge in [0.15, 0.2) is 6.10 Å². The van der Waals surface area contributed by atoms with Crippen molar-refractivity contribution >= 4 is 5.97 Å². The highest BCUT2D eigenvalue weighted by Crippen LogP contribution is 2.78. The van der Waals surface area contributed by atoms with Crippen LogP contribution in [0.3, 0.4) is 0 Å². The number of carbonyl (C=O) groups is 1. The Labute approximate surface area is 206 Å². The summed E-state index contributed by atoms with van der Waals surface area (Å²) in [5.74, 6) is -3.49. The number of aliphatic hydroxyl groups is 2. The van der Waals surface area contributed by atoms with Gasteiger partial charge in [0, 0.05) is 30.1 Å². The van der Waals surface area contributed by atoms with Gasteiger partial charge < -0.3 is 19.7 Å². The SMILES string of the molecule is C=C1[C@H]2CC(OC(C)=O)C3[C@]45CCCC(C)(C)C4[C@H](OOCC)C(O)(OC5)[C@@]3([C@@H]1OOCC)[C@@H]2O. The van der Waals surface area contributed by atoms with Crippen LogP contribution in [0, 0.1) is 34.0 Å². The molecule has 2 heterocycles. The lowest BCUT2D eigenvalue weighted by Crippen LogP contribution is -2.86. The maximum absolute atomic E-state index is 12.6. The Balaban J connectivity index is 1.77. The van der Waals surface area contributed by atoms with Crippen molar-refractivity contribution in [2.24, 2.45) is 34.0 Å². The fraction of sp³-hybridized carbons (Fsp3) is 0.885. The molecule has 9 heteroatoms. The molecule has 198 valence electrons. The molecule has 35 heavy (non-hydrogen) atoms. The number of hydrogen-bond donors (Lipinski definition) is 2. The number of rotatable bonds is 7. The van der Waals surface area contributed by atoms with Crippen molar-refractivity contribution in [3.05, 3.63) is 12.2 Å². The number of esters is 1. The Kier molecular flexibility index (Phi) is 6.19. The van der Waals surface area contributed by atoms with E-state index in [4.69, 9.17) is 29.0 Å². The van der Waals surface area contributed by atoms with E-state index >= 15 is 0 Å². The molecule has 2 N–H and O–H groups in total. The van der Waals surface area contributed by atoms with Crippen LogP contribution in [-0.4, -0.2) is 66.2 Å². The fourth-order valence-corrected chi connectivity index (χ4v) is 9.05.